The molecule has 2 rings (SSSR count). The van der Waals surface area contributed by atoms with E-state index in [1.807, 2.05) is 0 Å². The van der Waals surface area contributed by atoms with Crippen LogP contribution in [-0.4, -0.2) is 60.0 Å². The van der Waals surface area contributed by atoms with Crippen LogP contribution in [-0.2, 0) is 30.3 Å². The third-order valence-corrected chi connectivity index (χ3v) is 4.09. The lowest BCUT2D eigenvalue weighted by Crippen LogP contribution is -2.39. The number of hydrogen-bond donors (Lipinski definition) is 1. The molecule has 9 nitrogen and oxygen atoms in total. The van der Waals surface area contributed by atoms with Crippen molar-refractivity contribution in [2.75, 3.05) is 25.5 Å². The van der Waals surface area contributed by atoms with Gasteiger partial charge in [-0.1, -0.05) is 6.08 Å². The van der Waals surface area contributed by atoms with Gasteiger partial charge in [0.25, 0.3) is 5.91 Å². The molecule has 0 saturated heterocycles. The summed E-state index contributed by atoms with van der Waals surface area (Å²) in [6, 6.07) is 0. The normalized spacial score (nSPS) is 15.6. The van der Waals surface area contributed by atoms with E-state index < -0.39 is 17.7 Å². The van der Waals surface area contributed by atoms with E-state index in [1.54, 1.807) is 12.3 Å². The third-order valence-electron chi connectivity index (χ3n) is 3.28. The Bertz CT molecular complexity index is 754. The Kier molecular flexibility index (Phi) is 6.73. The first-order chi connectivity index (χ1) is 12.4. The molecular weight excluding hydrogens is 360 g/mol. The van der Waals surface area contributed by atoms with E-state index in [0.29, 0.717) is 17.4 Å². The molecule has 1 unspecified atom stereocenters. The summed E-state index contributed by atoms with van der Waals surface area (Å²) < 4.78 is 4.84. The zero-order valence-electron chi connectivity index (χ0n) is 14.3. The van der Waals surface area contributed by atoms with E-state index in [-0.39, 0.29) is 24.8 Å². The van der Waals surface area contributed by atoms with Crippen LogP contribution >= 0.6 is 11.3 Å². The van der Waals surface area contributed by atoms with Gasteiger partial charge in [0.15, 0.2) is 5.13 Å². The second-order valence-corrected chi connectivity index (χ2v) is 6.23. The molecule has 0 bridgehead atoms. The van der Waals surface area contributed by atoms with Crippen LogP contribution in [0.1, 0.15) is 12.6 Å². The quantitative estimate of drug-likeness (QED) is 0.688. The summed E-state index contributed by atoms with van der Waals surface area (Å²) >= 11 is 1.18. The molecule has 0 aliphatic carbocycles. The van der Waals surface area contributed by atoms with Gasteiger partial charge in [0.1, 0.15) is 0 Å². The highest BCUT2D eigenvalue weighted by Gasteiger charge is 2.22. The van der Waals surface area contributed by atoms with Crippen LogP contribution in [0, 0.1) is 5.92 Å². The highest BCUT2D eigenvalue weighted by Crippen LogP contribution is 2.16. The summed E-state index contributed by atoms with van der Waals surface area (Å²) in [5, 5.41) is 4.57. The molecule has 26 heavy (non-hydrogen) atoms. The zero-order chi connectivity index (χ0) is 19.1. The lowest BCUT2D eigenvalue weighted by Gasteiger charge is -2.19. The number of likely N-dealkylation sites (N-methyl/N-ethyl adjacent to an activating group) is 1. The molecular formula is C16H18N4O5S. The van der Waals surface area contributed by atoms with Crippen molar-refractivity contribution in [2.45, 2.75) is 13.3 Å². The summed E-state index contributed by atoms with van der Waals surface area (Å²) in [5.41, 5.74) is 0.501. The predicted molar refractivity (Wildman–Crippen MR) is 94.8 cm³/mol. The van der Waals surface area contributed by atoms with Gasteiger partial charge in [-0.3, -0.25) is 19.2 Å². The lowest BCUT2D eigenvalue weighted by atomic mass is 10.1. The second-order valence-electron chi connectivity index (χ2n) is 5.37. The number of nitrogens with one attached hydrogen (secondary N) is 1. The van der Waals surface area contributed by atoms with Gasteiger partial charge in [-0.25, -0.2) is 9.98 Å². The highest BCUT2D eigenvalue weighted by molar-refractivity contribution is 7.13. The Hall–Kier alpha value is -2.88. The molecule has 1 aromatic heterocycles. The van der Waals surface area contributed by atoms with Crippen LogP contribution in [0.4, 0.5) is 5.13 Å². The van der Waals surface area contributed by atoms with Crippen molar-refractivity contribution < 1.29 is 23.9 Å². The maximum absolute atomic E-state index is 12.2. The van der Waals surface area contributed by atoms with Crippen molar-refractivity contribution in [3.8, 4) is 0 Å². The highest BCUT2D eigenvalue weighted by atomic mass is 32.1. The molecule has 1 aromatic rings. The number of rotatable bonds is 7. The predicted octanol–water partition coefficient (Wildman–Crippen LogP) is 0.429. The number of esters is 1. The number of carbonyl (C=O) groups is 4. The van der Waals surface area contributed by atoms with Gasteiger partial charge in [-0.05, 0) is 6.92 Å². The second kappa shape index (κ2) is 8.99. The fraction of sp³-hybridized carbons (Fsp3) is 0.375. The molecule has 2 heterocycles. The Labute approximate surface area is 153 Å². The van der Waals surface area contributed by atoms with Crippen LogP contribution in [0.3, 0.4) is 0 Å². The average Bonchev–Trinajstić information content (AvgIpc) is 3.01. The van der Waals surface area contributed by atoms with Crippen LogP contribution < -0.4 is 5.32 Å². The average molecular weight is 378 g/mol. The molecule has 0 radical (unpaired) electrons. The van der Waals surface area contributed by atoms with Crippen molar-refractivity contribution in [3.05, 3.63) is 23.2 Å². The van der Waals surface area contributed by atoms with Gasteiger partial charge in [0.05, 0.1) is 31.2 Å². The number of aliphatic imine (C=N–C) groups is 1. The van der Waals surface area contributed by atoms with E-state index in [1.165, 1.54) is 41.7 Å². The van der Waals surface area contributed by atoms with Gasteiger partial charge < -0.3 is 15.0 Å². The van der Waals surface area contributed by atoms with E-state index in [0.717, 1.165) is 0 Å². The summed E-state index contributed by atoms with van der Waals surface area (Å²) in [5.74, 6) is -2.25. The number of anilines is 1. The number of hydrogen-bond acceptors (Lipinski definition) is 7. The fourth-order valence-electron chi connectivity index (χ4n) is 2.09. The maximum atomic E-state index is 12.2. The first-order valence-corrected chi connectivity index (χ1v) is 8.68. The van der Waals surface area contributed by atoms with Gasteiger partial charge in [-0.15, -0.1) is 11.3 Å². The minimum Gasteiger partial charge on any atom is -0.466 e. The molecule has 1 aliphatic heterocycles. The van der Waals surface area contributed by atoms with E-state index in [4.69, 9.17) is 4.74 Å². The van der Waals surface area contributed by atoms with Crippen molar-refractivity contribution in [3.63, 3.8) is 0 Å². The van der Waals surface area contributed by atoms with Crippen molar-refractivity contribution in [2.24, 2.45) is 10.9 Å². The van der Waals surface area contributed by atoms with E-state index in [2.05, 4.69) is 15.3 Å². The molecule has 1 aliphatic rings. The number of dihydropyridines is 1. The van der Waals surface area contributed by atoms with Crippen LogP contribution in [0.2, 0.25) is 0 Å². The molecule has 0 aromatic carbocycles. The molecule has 0 fully saturated rings. The molecule has 3 amide bonds. The summed E-state index contributed by atoms with van der Waals surface area (Å²) in [6.07, 6.45) is 3.94. The lowest BCUT2D eigenvalue weighted by molar-refractivity contribution is -0.142. The summed E-state index contributed by atoms with van der Waals surface area (Å²) in [4.78, 5) is 55.6. The zero-order valence-corrected chi connectivity index (χ0v) is 15.1. The number of aromatic nitrogens is 1. The standard InChI is InChI=1S/C16H18N4O5S/c1-3-25-14(23)6-11-9-26-16(18-11)19-13(22)8-20(2)15(24)10-4-5-12(21)17-7-10/h4-5,7,9-10H,3,6,8H2,1-2H3,(H,18,19,22). The summed E-state index contributed by atoms with van der Waals surface area (Å²) in [7, 11) is 1.48. The number of thiazole rings is 1. The first-order valence-electron chi connectivity index (χ1n) is 7.80. The Morgan fingerprint density at radius 1 is 1.38 bits per heavy atom. The van der Waals surface area contributed by atoms with Crippen LogP contribution in [0.15, 0.2) is 22.5 Å². The Morgan fingerprint density at radius 3 is 2.81 bits per heavy atom. The number of ether oxygens (including phenoxy) is 1. The van der Waals surface area contributed by atoms with Gasteiger partial charge in [0, 0.05) is 24.7 Å². The smallest absolute Gasteiger partial charge is 0.311 e. The fourth-order valence-corrected chi connectivity index (χ4v) is 2.82. The maximum Gasteiger partial charge on any atom is 0.311 e. The monoisotopic (exact) mass is 378 g/mol. The first kappa shape index (κ1) is 19.4. The van der Waals surface area contributed by atoms with Crippen LogP contribution in [0.5, 0.6) is 0 Å². The topological polar surface area (TPSA) is 118 Å². The SMILES string of the molecule is CCOC(=O)Cc1csc(NC(=O)CN(C)C(=O)C2C=CC(=O)N=C2)n1. The van der Waals surface area contributed by atoms with Crippen molar-refractivity contribution in [1.82, 2.24) is 9.88 Å². The minimum absolute atomic E-state index is 0.0324. The Balaban J connectivity index is 1.84. The molecule has 0 saturated carbocycles. The van der Waals surface area contributed by atoms with Crippen molar-refractivity contribution in [1.29, 1.82) is 0 Å². The van der Waals surface area contributed by atoms with Gasteiger partial charge >= 0.3 is 5.97 Å². The largest absolute Gasteiger partial charge is 0.466 e. The van der Waals surface area contributed by atoms with E-state index >= 15 is 0 Å². The molecule has 1 atom stereocenters. The van der Waals surface area contributed by atoms with E-state index in [9.17, 15) is 19.2 Å². The molecule has 1 N–H and O–H groups in total. The number of nitrogens with zero attached hydrogens (tertiary/aromatic N) is 3. The Morgan fingerprint density at radius 2 is 2.15 bits per heavy atom. The summed E-state index contributed by atoms with van der Waals surface area (Å²) in [6.45, 7) is 1.83. The molecule has 0 spiro atoms. The minimum atomic E-state index is -0.665. The van der Waals surface area contributed by atoms with Gasteiger partial charge in [-0.2, -0.15) is 0 Å². The molecule has 10 heteroatoms. The molecule has 138 valence electrons. The van der Waals surface area contributed by atoms with Crippen molar-refractivity contribution >= 4 is 46.4 Å². The third kappa shape index (κ3) is 5.59. The number of amides is 3. The van der Waals surface area contributed by atoms with Gasteiger partial charge in [0.2, 0.25) is 11.8 Å². The van der Waals surface area contributed by atoms with Crippen LogP contribution in [0.25, 0.3) is 0 Å². The number of carbonyl (C=O) groups excluding carboxylic acids is 4.